The molecule has 7 nitrogen and oxygen atoms in total. The van der Waals surface area contributed by atoms with Crippen LogP contribution in [0.25, 0.3) is 0 Å². The molecule has 8 heteroatoms. The summed E-state index contributed by atoms with van der Waals surface area (Å²) in [6.07, 6.45) is 1.30. The van der Waals surface area contributed by atoms with Crippen molar-refractivity contribution >= 4 is 28.0 Å². The molecule has 3 rings (SSSR count). The summed E-state index contributed by atoms with van der Waals surface area (Å²) < 4.78 is 32.7. The number of carboxylic acids is 1. The molecule has 0 spiro atoms. The number of hydrogen-bond acceptors (Lipinski definition) is 5. The molecule has 21 heavy (non-hydrogen) atoms. The summed E-state index contributed by atoms with van der Waals surface area (Å²) in [7, 11) is -3.64. The SMILES string of the molecule is O=C(O)C1CCC(CN2C=NS(=O)(=O)c3ccccc32)O1. The molecule has 2 heterocycles. The highest BCUT2D eigenvalue weighted by atomic mass is 32.2. The summed E-state index contributed by atoms with van der Waals surface area (Å²) >= 11 is 0. The second-order valence-corrected chi connectivity index (χ2v) is 6.58. The van der Waals surface area contributed by atoms with Gasteiger partial charge in [-0.25, -0.2) is 4.79 Å². The number of aliphatic carboxylic acids is 1. The van der Waals surface area contributed by atoms with Crippen LogP contribution in [0.3, 0.4) is 0 Å². The van der Waals surface area contributed by atoms with E-state index in [0.29, 0.717) is 25.1 Å². The number of fused-ring (bicyclic) bond motifs is 1. The fourth-order valence-corrected chi connectivity index (χ4v) is 3.59. The van der Waals surface area contributed by atoms with E-state index in [1.54, 1.807) is 23.1 Å². The molecule has 0 radical (unpaired) electrons. The minimum Gasteiger partial charge on any atom is -0.479 e. The number of rotatable bonds is 3. The van der Waals surface area contributed by atoms with Crippen molar-refractivity contribution in [1.82, 2.24) is 0 Å². The van der Waals surface area contributed by atoms with Crippen molar-refractivity contribution in [2.45, 2.75) is 29.9 Å². The molecular weight excluding hydrogens is 296 g/mol. The lowest BCUT2D eigenvalue weighted by molar-refractivity contribution is -0.149. The third-order valence-electron chi connectivity index (χ3n) is 3.56. The zero-order valence-electron chi connectivity index (χ0n) is 11.0. The van der Waals surface area contributed by atoms with Crippen molar-refractivity contribution in [2.75, 3.05) is 11.4 Å². The van der Waals surface area contributed by atoms with Gasteiger partial charge in [0.2, 0.25) is 0 Å². The second kappa shape index (κ2) is 5.12. The van der Waals surface area contributed by atoms with Gasteiger partial charge >= 0.3 is 5.97 Å². The van der Waals surface area contributed by atoms with Crippen LogP contribution in [0.4, 0.5) is 5.69 Å². The van der Waals surface area contributed by atoms with Gasteiger partial charge in [-0.2, -0.15) is 8.42 Å². The van der Waals surface area contributed by atoms with E-state index < -0.39 is 22.1 Å². The number of carbonyl (C=O) groups is 1. The number of carboxylic acid groups (broad SMARTS) is 1. The molecular formula is C13H14N2O5S. The molecule has 1 fully saturated rings. The Morgan fingerprint density at radius 3 is 2.86 bits per heavy atom. The molecule has 0 amide bonds. The summed E-state index contributed by atoms with van der Waals surface area (Å²) in [6.45, 7) is 0.375. The van der Waals surface area contributed by atoms with Gasteiger partial charge in [-0.15, -0.1) is 4.40 Å². The first-order valence-electron chi connectivity index (χ1n) is 6.52. The van der Waals surface area contributed by atoms with Crippen LogP contribution in [0.15, 0.2) is 33.6 Å². The highest BCUT2D eigenvalue weighted by Crippen LogP contribution is 2.30. The lowest BCUT2D eigenvalue weighted by atomic mass is 10.2. The average molecular weight is 310 g/mol. The Morgan fingerprint density at radius 1 is 1.38 bits per heavy atom. The average Bonchev–Trinajstić information content (AvgIpc) is 2.91. The Hall–Kier alpha value is -1.93. The van der Waals surface area contributed by atoms with Crippen LogP contribution >= 0.6 is 0 Å². The number of anilines is 1. The molecule has 1 saturated heterocycles. The van der Waals surface area contributed by atoms with Crippen molar-refractivity contribution in [1.29, 1.82) is 0 Å². The minimum absolute atomic E-state index is 0.153. The predicted molar refractivity (Wildman–Crippen MR) is 75.0 cm³/mol. The summed E-state index contributed by atoms with van der Waals surface area (Å²) in [5, 5.41) is 8.92. The van der Waals surface area contributed by atoms with Crippen molar-refractivity contribution in [3.8, 4) is 0 Å². The van der Waals surface area contributed by atoms with Crippen LogP contribution < -0.4 is 4.90 Å². The zero-order valence-corrected chi connectivity index (χ0v) is 11.9. The van der Waals surface area contributed by atoms with Crippen molar-refractivity contribution in [2.24, 2.45) is 4.40 Å². The molecule has 1 aromatic rings. The van der Waals surface area contributed by atoms with Gasteiger partial charge in [0.05, 0.1) is 18.3 Å². The first kappa shape index (κ1) is 14.0. The summed E-state index contributed by atoms with van der Waals surface area (Å²) in [6, 6.07) is 6.59. The van der Waals surface area contributed by atoms with E-state index in [1.165, 1.54) is 12.4 Å². The van der Waals surface area contributed by atoms with E-state index >= 15 is 0 Å². The summed E-state index contributed by atoms with van der Waals surface area (Å²) in [5.41, 5.74) is 0.537. The molecule has 2 unspecified atom stereocenters. The van der Waals surface area contributed by atoms with Gasteiger partial charge in [0.25, 0.3) is 10.0 Å². The standard InChI is InChI=1S/C13H14N2O5S/c16-13(17)11-6-5-9(20-11)7-15-8-14-21(18,19)12-4-2-1-3-10(12)15/h1-4,8-9,11H,5-7H2,(H,16,17). The van der Waals surface area contributed by atoms with E-state index in [1.807, 2.05) is 0 Å². The van der Waals surface area contributed by atoms with Crippen molar-refractivity contribution in [3.05, 3.63) is 24.3 Å². The van der Waals surface area contributed by atoms with Crippen LogP contribution in [0.2, 0.25) is 0 Å². The lowest BCUT2D eigenvalue weighted by Crippen LogP contribution is -2.35. The van der Waals surface area contributed by atoms with Gasteiger partial charge in [-0.1, -0.05) is 12.1 Å². The fraction of sp³-hybridized carbons (Fsp3) is 0.385. The largest absolute Gasteiger partial charge is 0.479 e. The molecule has 2 aliphatic heterocycles. The molecule has 0 bridgehead atoms. The van der Waals surface area contributed by atoms with Crippen molar-refractivity contribution < 1.29 is 23.1 Å². The quantitative estimate of drug-likeness (QED) is 0.889. The minimum atomic E-state index is -3.64. The normalized spacial score (nSPS) is 26.6. The van der Waals surface area contributed by atoms with Crippen LogP contribution in [0, 0.1) is 0 Å². The Morgan fingerprint density at radius 2 is 2.14 bits per heavy atom. The first-order chi connectivity index (χ1) is 9.97. The van der Waals surface area contributed by atoms with Gasteiger partial charge in [-0.05, 0) is 25.0 Å². The van der Waals surface area contributed by atoms with Crippen LogP contribution in [0.5, 0.6) is 0 Å². The van der Waals surface area contributed by atoms with Gasteiger partial charge in [0.1, 0.15) is 11.2 Å². The van der Waals surface area contributed by atoms with Crippen LogP contribution in [0.1, 0.15) is 12.8 Å². The number of hydrogen-bond donors (Lipinski definition) is 1. The highest BCUT2D eigenvalue weighted by Gasteiger charge is 2.33. The number of benzene rings is 1. The van der Waals surface area contributed by atoms with E-state index in [4.69, 9.17) is 9.84 Å². The fourth-order valence-electron chi connectivity index (χ4n) is 2.54. The first-order valence-corrected chi connectivity index (χ1v) is 7.96. The van der Waals surface area contributed by atoms with Gasteiger partial charge in [0.15, 0.2) is 6.10 Å². The molecule has 0 saturated carbocycles. The Balaban J connectivity index is 1.80. The van der Waals surface area contributed by atoms with E-state index in [-0.39, 0.29) is 11.0 Å². The summed E-state index contributed by atoms with van der Waals surface area (Å²) in [5.74, 6) is -0.965. The van der Waals surface area contributed by atoms with Crippen LogP contribution in [-0.4, -0.2) is 44.6 Å². The van der Waals surface area contributed by atoms with Gasteiger partial charge in [0, 0.05) is 0 Å². The van der Waals surface area contributed by atoms with E-state index in [2.05, 4.69) is 4.40 Å². The molecule has 2 atom stereocenters. The summed E-state index contributed by atoms with van der Waals surface area (Å²) in [4.78, 5) is 12.7. The molecule has 2 aliphatic rings. The lowest BCUT2D eigenvalue weighted by Gasteiger charge is -2.27. The number of nitrogens with zero attached hydrogens (tertiary/aromatic N) is 2. The zero-order chi connectivity index (χ0) is 15.0. The Kier molecular flexibility index (Phi) is 3.42. The Labute approximate surface area is 121 Å². The second-order valence-electron chi connectivity index (χ2n) is 4.98. The maximum Gasteiger partial charge on any atom is 0.332 e. The maximum atomic E-state index is 11.9. The predicted octanol–water partition coefficient (Wildman–Crippen LogP) is 0.856. The molecule has 112 valence electrons. The van der Waals surface area contributed by atoms with Crippen molar-refractivity contribution in [3.63, 3.8) is 0 Å². The van der Waals surface area contributed by atoms with Crippen LogP contribution in [-0.2, 0) is 19.6 Å². The smallest absolute Gasteiger partial charge is 0.332 e. The number of para-hydroxylation sites is 1. The topological polar surface area (TPSA) is 96.3 Å². The highest BCUT2D eigenvalue weighted by molar-refractivity contribution is 7.90. The maximum absolute atomic E-state index is 11.9. The van der Waals surface area contributed by atoms with Gasteiger partial charge < -0.3 is 14.7 Å². The van der Waals surface area contributed by atoms with Gasteiger partial charge in [-0.3, -0.25) is 0 Å². The number of ether oxygens (including phenoxy) is 1. The molecule has 0 aromatic heterocycles. The Bertz CT molecular complexity index is 700. The van der Waals surface area contributed by atoms with E-state index in [9.17, 15) is 13.2 Å². The third-order valence-corrected chi connectivity index (χ3v) is 4.83. The molecule has 1 N–H and O–H groups in total. The monoisotopic (exact) mass is 310 g/mol. The molecule has 0 aliphatic carbocycles. The number of sulfonamides is 1. The third kappa shape index (κ3) is 2.64. The van der Waals surface area contributed by atoms with E-state index in [0.717, 1.165) is 0 Å². The molecule has 1 aromatic carbocycles.